The fraction of sp³-hybridized carbons (Fsp3) is 0.529. The maximum Gasteiger partial charge on any atom is 0.255 e. The summed E-state index contributed by atoms with van der Waals surface area (Å²) in [4.78, 5) is 27.7. The van der Waals surface area contributed by atoms with Crippen LogP contribution in [0.4, 0.5) is 0 Å². The number of benzene rings is 1. The average Bonchev–Trinajstić information content (AvgIpc) is 2.52. The second-order valence-electron chi connectivity index (χ2n) is 5.62. The number of ether oxygens (including phenoxy) is 1. The number of nitrogens with one attached hydrogen (secondary N) is 1. The molecule has 0 aliphatic heterocycles. The maximum atomic E-state index is 12.2. The van der Waals surface area contributed by atoms with E-state index in [1.54, 1.807) is 30.0 Å². The van der Waals surface area contributed by atoms with Crippen LogP contribution < -0.4 is 10.1 Å². The van der Waals surface area contributed by atoms with Gasteiger partial charge in [-0.25, -0.2) is 0 Å². The Bertz CT molecular complexity index is 518. The lowest BCUT2D eigenvalue weighted by molar-refractivity contribution is -0.128. The van der Waals surface area contributed by atoms with Gasteiger partial charge in [-0.1, -0.05) is 12.1 Å². The van der Waals surface area contributed by atoms with Crippen LogP contribution in [0.2, 0.25) is 0 Å². The molecule has 1 rings (SSSR count). The molecule has 0 unspecified atom stereocenters. The number of amides is 2. The molecule has 0 heterocycles. The molecule has 2 amide bonds. The first-order valence-corrected chi connectivity index (χ1v) is 7.77. The van der Waals surface area contributed by atoms with E-state index in [1.807, 2.05) is 20.2 Å². The third-order valence-corrected chi connectivity index (χ3v) is 3.50. The van der Waals surface area contributed by atoms with Gasteiger partial charge >= 0.3 is 0 Å². The van der Waals surface area contributed by atoms with E-state index in [2.05, 4.69) is 10.2 Å². The van der Waals surface area contributed by atoms with Gasteiger partial charge in [-0.05, 0) is 39.2 Å². The molecule has 0 saturated carbocycles. The number of rotatable bonds is 9. The standard InChI is InChI=1S/C17H27N3O3/c1-14(21)20(12-7-11-19(2)3)13-10-18-17(22)15-8-5-6-9-16(15)23-4/h5-6,8-9H,7,10-13H2,1-4H3,(H,18,22). The minimum atomic E-state index is -0.195. The van der Waals surface area contributed by atoms with Crippen molar-refractivity contribution in [3.05, 3.63) is 29.8 Å². The van der Waals surface area contributed by atoms with Gasteiger partial charge in [0.15, 0.2) is 0 Å². The normalized spacial score (nSPS) is 10.5. The fourth-order valence-corrected chi connectivity index (χ4v) is 2.24. The molecule has 0 spiro atoms. The number of hydrogen-bond acceptors (Lipinski definition) is 4. The van der Waals surface area contributed by atoms with Crippen molar-refractivity contribution >= 4 is 11.8 Å². The molecule has 0 aromatic heterocycles. The summed E-state index contributed by atoms with van der Waals surface area (Å²) in [7, 11) is 5.55. The number of carbonyl (C=O) groups is 2. The molecule has 0 saturated heterocycles. The summed E-state index contributed by atoms with van der Waals surface area (Å²) in [6, 6.07) is 7.07. The predicted octanol–water partition coefficient (Wildman–Crippen LogP) is 1.23. The van der Waals surface area contributed by atoms with Crippen molar-refractivity contribution in [2.75, 3.05) is 47.4 Å². The van der Waals surface area contributed by atoms with Gasteiger partial charge in [-0.15, -0.1) is 0 Å². The first-order chi connectivity index (χ1) is 11.0. The molecular formula is C17H27N3O3. The van der Waals surface area contributed by atoms with Crippen LogP contribution in [0.15, 0.2) is 24.3 Å². The Balaban J connectivity index is 2.46. The van der Waals surface area contributed by atoms with E-state index < -0.39 is 0 Å². The zero-order valence-electron chi connectivity index (χ0n) is 14.5. The number of hydrogen-bond donors (Lipinski definition) is 1. The zero-order valence-corrected chi connectivity index (χ0v) is 14.5. The highest BCUT2D eigenvalue weighted by Gasteiger charge is 2.12. The van der Waals surface area contributed by atoms with Crippen LogP contribution in [0.1, 0.15) is 23.7 Å². The van der Waals surface area contributed by atoms with E-state index in [4.69, 9.17) is 4.74 Å². The van der Waals surface area contributed by atoms with E-state index >= 15 is 0 Å². The molecule has 0 atom stereocenters. The number of para-hydroxylation sites is 1. The Kier molecular flexibility index (Phi) is 8.11. The Hall–Kier alpha value is -2.08. The Labute approximate surface area is 138 Å². The fourth-order valence-electron chi connectivity index (χ4n) is 2.24. The predicted molar refractivity (Wildman–Crippen MR) is 90.8 cm³/mol. The molecule has 0 radical (unpaired) electrons. The Morgan fingerprint density at radius 3 is 2.43 bits per heavy atom. The third kappa shape index (κ3) is 6.69. The second-order valence-corrected chi connectivity index (χ2v) is 5.62. The van der Waals surface area contributed by atoms with Crippen LogP contribution in [0, 0.1) is 0 Å². The van der Waals surface area contributed by atoms with E-state index in [1.165, 1.54) is 7.11 Å². The van der Waals surface area contributed by atoms with Crippen LogP contribution in [-0.4, -0.2) is 69.0 Å². The molecule has 0 fully saturated rings. The van der Waals surface area contributed by atoms with E-state index in [0.717, 1.165) is 13.0 Å². The minimum Gasteiger partial charge on any atom is -0.496 e. The van der Waals surface area contributed by atoms with Crippen molar-refractivity contribution in [3.8, 4) is 5.75 Å². The first kappa shape index (κ1) is 19.0. The van der Waals surface area contributed by atoms with Gasteiger partial charge in [0.1, 0.15) is 5.75 Å². The van der Waals surface area contributed by atoms with Crippen molar-refractivity contribution < 1.29 is 14.3 Å². The first-order valence-electron chi connectivity index (χ1n) is 7.77. The van der Waals surface area contributed by atoms with Gasteiger partial charge in [0.2, 0.25) is 5.91 Å². The highest BCUT2D eigenvalue weighted by Crippen LogP contribution is 2.16. The van der Waals surface area contributed by atoms with Gasteiger partial charge in [0, 0.05) is 26.6 Å². The van der Waals surface area contributed by atoms with Crippen molar-refractivity contribution in [1.29, 1.82) is 0 Å². The molecule has 23 heavy (non-hydrogen) atoms. The molecule has 0 aliphatic rings. The number of methoxy groups -OCH3 is 1. The summed E-state index contributed by atoms with van der Waals surface area (Å²) in [5.41, 5.74) is 0.497. The van der Waals surface area contributed by atoms with Crippen LogP contribution in [-0.2, 0) is 4.79 Å². The molecule has 0 aliphatic carbocycles. The molecule has 0 bridgehead atoms. The van der Waals surface area contributed by atoms with E-state index in [0.29, 0.717) is 30.9 Å². The Morgan fingerprint density at radius 2 is 1.83 bits per heavy atom. The van der Waals surface area contributed by atoms with Crippen molar-refractivity contribution in [3.63, 3.8) is 0 Å². The lowest BCUT2D eigenvalue weighted by Crippen LogP contribution is -2.38. The summed E-state index contributed by atoms with van der Waals surface area (Å²) in [6.45, 7) is 4.09. The quantitative estimate of drug-likeness (QED) is 0.743. The van der Waals surface area contributed by atoms with Gasteiger partial charge in [-0.3, -0.25) is 9.59 Å². The summed E-state index contributed by atoms with van der Waals surface area (Å²) in [6.07, 6.45) is 0.910. The van der Waals surface area contributed by atoms with Gasteiger partial charge < -0.3 is 19.9 Å². The maximum absolute atomic E-state index is 12.2. The molecular weight excluding hydrogens is 294 g/mol. The van der Waals surface area contributed by atoms with Gasteiger partial charge in [0.25, 0.3) is 5.91 Å². The van der Waals surface area contributed by atoms with Crippen LogP contribution in [0.25, 0.3) is 0 Å². The van der Waals surface area contributed by atoms with Crippen molar-refractivity contribution in [2.45, 2.75) is 13.3 Å². The average molecular weight is 321 g/mol. The lowest BCUT2D eigenvalue weighted by atomic mass is 10.2. The lowest BCUT2D eigenvalue weighted by Gasteiger charge is -2.22. The van der Waals surface area contributed by atoms with E-state index in [9.17, 15) is 9.59 Å². The summed E-state index contributed by atoms with van der Waals surface area (Å²) >= 11 is 0. The molecule has 6 heteroatoms. The van der Waals surface area contributed by atoms with Crippen LogP contribution >= 0.6 is 0 Å². The highest BCUT2D eigenvalue weighted by atomic mass is 16.5. The highest BCUT2D eigenvalue weighted by molar-refractivity contribution is 5.96. The number of carbonyl (C=O) groups excluding carboxylic acids is 2. The molecule has 6 nitrogen and oxygen atoms in total. The topological polar surface area (TPSA) is 61.9 Å². The summed E-state index contributed by atoms with van der Waals surface area (Å²) < 4.78 is 5.18. The monoisotopic (exact) mass is 321 g/mol. The molecule has 1 aromatic carbocycles. The van der Waals surface area contributed by atoms with Crippen LogP contribution in [0.5, 0.6) is 5.75 Å². The van der Waals surface area contributed by atoms with E-state index in [-0.39, 0.29) is 11.8 Å². The molecule has 1 N–H and O–H groups in total. The smallest absolute Gasteiger partial charge is 0.255 e. The van der Waals surface area contributed by atoms with Crippen molar-refractivity contribution in [1.82, 2.24) is 15.1 Å². The van der Waals surface area contributed by atoms with Gasteiger partial charge in [-0.2, -0.15) is 0 Å². The summed E-state index contributed by atoms with van der Waals surface area (Å²) in [5.74, 6) is 0.369. The van der Waals surface area contributed by atoms with Crippen molar-refractivity contribution in [2.24, 2.45) is 0 Å². The molecule has 128 valence electrons. The van der Waals surface area contributed by atoms with Gasteiger partial charge in [0.05, 0.1) is 12.7 Å². The SMILES string of the molecule is COc1ccccc1C(=O)NCCN(CCCN(C)C)C(C)=O. The Morgan fingerprint density at radius 1 is 1.13 bits per heavy atom. The second kappa shape index (κ2) is 9.84. The zero-order chi connectivity index (χ0) is 17.2. The number of nitrogens with zero attached hydrogens (tertiary/aromatic N) is 2. The van der Waals surface area contributed by atoms with Crippen LogP contribution in [0.3, 0.4) is 0 Å². The summed E-state index contributed by atoms with van der Waals surface area (Å²) in [5, 5.41) is 2.83. The minimum absolute atomic E-state index is 0.0234. The third-order valence-electron chi connectivity index (χ3n) is 3.50. The largest absolute Gasteiger partial charge is 0.496 e. The molecule has 1 aromatic rings.